The van der Waals surface area contributed by atoms with E-state index in [1.807, 2.05) is 80.6 Å². The molecule has 0 N–H and O–H groups in total. The van der Waals surface area contributed by atoms with Crippen LogP contribution in [0.1, 0.15) is 11.1 Å². The molecule has 1 aliphatic heterocycles. The fourth-order valence-corrected chi connectivity index (χ4v) is 4.28. The van der Waals surface area contributed by atoms with Gasteiger partial charge >= 0.3 is 5.97 Å². The average molecular weight is 420 g/mol. The highest BCUT2D eigenvalue weighted by Crippen LogP contribution is 2.47. The number of ether oxygens (including phenoxy) is 2. The molecule has 1 amide bonds. The molecule has 3 aromatic carbocycles. The quantitative estimate of drug-likeness (QED) is 0.542. The highest BCUT2D eigenvalue weighted by molar-refractivity contribution is 7.99. The van der Waals surface area contributed by atoms with Crippen LogP contribution in [0.2, 0.25) is 0 Å². The van der Waals surface area contributed by atoms with Crippen LogP contribution in [0.3, 0.4) is 0 Å². The van der Waals surface area contributed by atoms with Crippen molar-refractivity contribution >= 4 is 35.0 Å². The van der Waals surface area contributed by atoms with Crippen molar-refractivity contribution in [2.24, 2.45) is 0 Å². The maximum Gasteiger partial charge on any atom is 0.344 e. The highest BCUT2D eigenvalue weighted by Gasteiger charge is 2.28. The third-order valence-corrected chi connectivity index (χ3v) is 5.86. The Bertz CT molecular complexity index is 1070. The molecular formula is C24H21NO4S. The fraction of sp³-hybridized carbons (Fsp3) is 0.167. The van der Waals surface area contributed by atoms with Crippen molar-refractivity contribution in [3.63, 3.8) is 0 Å². The number of anilines is 2. The minimum Gasteiger partial charge on any atom is -0.482 e. The first-order valence-electron chi connectivity index (χ1n) is 9.57. The van der Waals surface area contributed by atoms with Gasteiger partial charge in [0.05, 0.1) is 11.4 Å². The van der Waals surface area contributed by atoms with Gasteiger partial charge in [-0.05, 0) is 55.3 Å². The lowest BCUT2D eigenvalue weighted by molar-refractivity contribution is -0.149. The second-order valence-electron chi connectivity index (χ2n) is 6.98. The van der Waals surface area contributed by atoms with Gasteiger partial charge in [0, 0.05) is 9.79 Å². The zero-order valence-corrected chi connectivity index (χ0v) is 17.6. The monoisotopic (exact) mass is 419 g/mol. The molecule has 3 aromatic rings. The van der Waals surface area contributed by atoms with Crippen LogP contribution in [0.4, 0.5) is 11.4 Å². The molecule has 0 fully saturated rings. The van der Waals surface area contributed by atoms with Gasteiger partial charge < -0.3 is 9.47 Å². The van der Waals surface area contributed by atoms with Crippen molar-refractivity contribution in [3.05, 3.63) is 77.9 Å². The van der Waals surface area contributed by atoms with Crippen LogP contribution in [0.5, 0.6) is 5.75 Å². The van der Waals surface area contributed by atoms with E-state index in [4.69, 9.17) is 9.47 Å². The number of hydrogen-bond acceptors (Lipinski definition) is 5. The Labute approximate surface area is 179 Å². The summed E-state index contributed by atoms with van der Waals surface area (Å²) in [6.07, 6.45) is 0. The number of carbonyl (C=O) groups is 2. The Hall–Kier alpha value is -3.25. The van der Waals surface area contributed by atoms with Crippen LogP contribution in [0, 0.1) is 13.8 Å². The number of carbonyl (C=O) groups excluding carboxylic acids is 2. The molecule has 6 heteroatoms. The minimum atomic E-state index is -0.586. The summed E-state index contributed by atoms with van der Waals surface area (Å²) in [5, 5.41) is 0. The second kappa shape index (κ2) is 8.63. The maximum absolute atomic E-state index is 13.0. The van der Waals surface area contributed by atoms with Gasteiger partial charge in [0.1, 0.15) is 5.75 Å². The zero-order chi connectivity index (χ0) is 21.1. The average Bonchev–Trinajstić information content (AvgIpc) is 2.76. The van der Waals surface area contributed by atoms with Crippen molar-refractivity contribution < 1.29 is 19.1 Å². The van der Waals surface area contributed by atoms with Crippen LogP contribution >= 0.6 is 11.8 Å². The number of aryl methyl sites for hydroxylation is 2. The van der Waals surface area contributed by atoms with E-state index in [-0.39, 0.29) is 19.1 Å². The lowest BCUT2D eigenvalue weighted by Crippen LogP contribution is -2.33. The van der Waals surface area contributed by atoms with Crippen LogP contribution < -0.4 is 9.64 Å². The van der Waals surface area contributed by atoms with E-state index in [2.05, 4.69) is 0 Å². The smallest absolute Gasteiger partial charge is 0.344 e. The first kappa shape index (κ1) is 20.0. The predicted molar refractivity (Wildman–Crippen MR) is 117 cm³/mol. The number of rotatable bonds is 5. The van der Waals surface area contributed by atoms with E-state index < -0.39 is 5.97 Å². The highest BCUT2D eigenvalue weighted by atomic mass is 32.2. The molecule has 0 saturated heterocycles. The van der Waals surface area contributed by atoms with Crippen LogP contribution in [-0.2, 0) is 14.3 Å². The summed E-state index contributed by atoms with van der Waals surface area (Å²) in [4.78, 5) is 28.7. The summed E-state index contributed by atoms with van der Waals surface area (Å²) in [6, 6.07) is 21.2. The number of benzene rings is 3. The van der Waals surface area contributed by atoms with Crippen LogP contribution in [0.25, 0.3) is 0 Å². The van der Waals surface area contributed by atoms with Crippen LogP contribution in [0.15, 0.2) is 76.5 Å². The van der Waals surface area contributed by atoms with E-state index in [1.54, 1.807) is 16.7 Å². The lowest BCUT2D eigenvalue weighted by atomic mass is 10.1. The fourth-order valence-electron chi connectivity index (χ4n) is 3.22. The number of nitrogens with zero attached hydrogens (tertiary/aromatic N) is 1. The molecule has 0 aromatic heterocycles. The van der Waals surface area contributed by atoms with Crippen molar-refractivity contribution in [3.8, 4) is 5.75 Å². The SMILES string of the molecule is Cc1ccc(C)c(OCC(=O)OCC(=O)N2c3ccccc3Sc3ccccc32)c1. The molecule has 0 bridgehead atoms. The van der Waals surface area contributed by atoms with E-state index in [0.717, 1.165) is 32.3 Å². The topological polar surface area (TPSA) is 55.8 Å². The third kappa shape index (κ3) is 4.19. The standard InChI is InChI=1S/C24H21NO4S/c1-16-11-12-17(2)20(13-16)28-15-24(27)29-14-23(26)25-18-7-3-5-9-21(18)30-22-10-6-4-8-19(22)25/h3-13H,14-15H2,1-2H3. The van der Waals surface area contributed by atoms with Gasteiger partial charge in [0.2, 0.25) is 0 Å². The maximum atomic E-state index is 13.0. The van der Waals surface area contributed by atoms with E-state index in [0.29, 0.717) is 5.75 Å². The van der Waals surface area contributed by atoms with Gasteiger partial charge in [-0.1, -0.05) is 48.2 Å². The van der Waals surface area contributed by atoms with Gasteiger partial charge in [-0.25, -0.2) is 4.79 Å². The Morgan fingerprint density at radius 2 is 1.50 bits per heavy atom. The van der Waals surface area contributed by atoms with Gasteiger partial charge in [0.25, 0.3) is 5.91 Å². The molecule has 0 spiro atoms. The summed E-state index contributed by atoms with van der Waals surface area (Å²) < 4.78 is 10.8. The molecule has 30 heavy (non-hydrogen) atoms. The Kier molecular flexibility index (Phi) is 5.77. The molecule has 152 valence electrons. The third-order valence-electron chi connectivity index (χ3n) is 4.73. The van der Waals surface area contributed by atoms with Gasteiger partial charge in [-0.2, -0.15) is 0 Å². The molecule has 0 saturated carbocycles. The minimum absolute atomic E-state index is 0.249. The summed E-state index contributed by atoms with van der Waals surface area (Å²) in [5.41, 5.74) is 3.55. The summed E-state index contributed by atoms with van der Waals surface area (Å²) in [6.45, 7) is 3.26. The van der Waals surface area contributed by atoms with E-state index in [1.165, 1.54) is 0 Å². The van der Waals surface area contributed by atoms with Gasteiger partial charge in [0.15, 0.2) is 13.2 Å². The largest absolute Gasteiger partial charge is 0.482 e. The number of fused-ring (bicyclic) bond motifs is 2. The van der Waals surface area contributed by atoms with Crippen LogP contribution in [-0.4, -0.2) is 25.1 Å². The van der Waals surface area contributed by atoms with E-state index >= 15 is 0 Å². The molecular weight excluding hydrogens is 398 g/mol. The number of amides is 1. The van der Waals surface area contributed by atoms with Crippen molar-refractivity contribution in [1.29, 1.82) is 0 Å². The molecule has 0 radical (unpaired) electrons. The Morgan fingerprint density at radius 1 is 0.867 bits per heavy atom. The molecule has 0 aliphatic carbocycles. The number of esters is 1. The normalized spacial score (nSPS) is 12.0. The zero-order valence-electron chi connectivity index (χ0n) is 16.8. The van der Waals surface area contributed by atoms with Crippen molar-refractivity contribution in [2.45, 2.75) is 23.6 Å². The molecule has 0 atom stereocenters. The summed E-state index contributed by atoms with van der Waals surface area (Å²) in [7, 11) is 0. The second-order valence-corrected chi connectivity index (χ2v) is 8.07. The first-order valence-corrected chi connectivity index (χ1v) is 10.4. The van der Waals surface area contributed by atoms with Gasteiger partial charge in [-0.3, -0.25) is 9.69 Å². The molecule has 5 nitrogen and oxygen atoms in total. The van der Waals surface area contributed by atoms with E-state index in [9.17, 15) is 9.59 Å². The van der Waals surface area contributed by atoms with Gasteiger partial charge in [-0.15, -0.1) is 0 Å². The summed E-state index contributed by atoms with van der Waals surface area (Å²) >= 11 is 1.61. The summed E-state index contributed by atoms with van der Waals surface area (Å²) in [5.74, 6) is -0.262. The van der Waals surface area contributed by atoms with Crippen molar-refractivity contribution in [2.75, 3.05) is 18.1 Å². The molecule has 1 aliphatic rings. The number of para-hydroxylation sites is 2. The molecule has 4 rings (SSSR count). The number of hydrogen-bond donors (Lipinski definition) is 0. The lowest BCUT2D eigenvalue weighted by Gasteiger charge is -2.30. The van der Waals surface area contributed by atoms with Crippen molar-refractivity contribution in [1.82, 2.24) is 0 Å². The molecule has 1 heterocycles. The first-order chi connectivity index (χ1) is 14.5. The molecule has 0 unspecified atom stereocenters. The predicted octanol–water partition coefficient (Wildman–Crippen LogP) is 5.05. The Morgan fingerprint density at radius 3 is 2.17 bits per heavy atom. The Balaban J connectivity index is 1.43.